The van der Waals surface area contributed by atoms with Gasteiger partial charge in [-0.1, -0.05) is 12.1 Å². The number of nitrogens with zero attached hydrogens (tertiary/aromatic N) is 2. The predicted octanol–water partition coefficient (Wildman–Crippen LogP) is 2.92. The van der Waals surface area contributed by atoms with Gasteiger partial charge in [0.05, 0.1) is 0 Å². The average molecular weight is 339 g/mol. The van der Waals surface area contributed by atoms with Gasteiger partial charge in [-0.15, -0.1) is 0 Å². The van der Waals surface area contributed by atoms with E-state index in [9.17, 15) is 9.59 Å². The van der Waals surface area contributed by atoms with Crippen LogP contribution in [0.2, 0.25) is 0 Å². The van der Waals surface area contributed by atoms with Gasteiger partial charge in [0.1, 0.15) is 0 Å². The number of aryl methyl sites for hydroxylation is 1. The van der Waals surface area contributed by atoms with Crippen LogP contribution in [-0.2, 0) is 9.59 Å². The standard InChI is InChI=1S/C19H21N3O3/c1-12(2)22-16-15(9-6-10-20-16)25-19(4,18(22)24)17(23)21-14-8-5-7-13(3)11-14/h5-12H,1-4H3,(H,21,23). The molecule has 1 aliphatic rings. The number of aromatic nitrogens is 1. The van der Waals surface area contributed by atoms with Gasteiger partial charge in [-0.25, -0.2) is 4.98 Å². The van der Waals surface area contributed by atoms with Crippen LogP contribution in [0.5, 0.6) is 5.75 Å². The summed E-state index contributed by atoms with van der Waals surface area (Å²) in [6.07, 6.45) is 1.60. The maximum Gasteiger partial charge on any atom is 0.282 e. The number of carbonyl (C=O) groups excluding carboxylic acids is 2. The SMILES string of the molecule is Cc1cccc(NC(=O)C2(C)Oc3cccnc3N(C(C)C)C2=O)c1. The van der Waals surface area contributed by atoms with Crippen molar-refractivity contribution < 1.29 is 14.3 Å². The molecular weight excluding hydrogens is 318 g/mol. The van der Waals surface area contributed by atoms with E-state index in [1.807, 2.05) is 39.0 Å². The first kappa shape index (κ1) is 17.0. The van der Waals surface area contributed by atoms with Crippen molar-refractivity contribution in [2.75, 3.05) is 10.2 Å². The highest BCUT2D eigenvalue weighted by Crippen LogP contribution is 2.37. The van der Waals surface area contributed by atoms with Crippen LogP contribution in [0.15, 0.2) is 42.6 Å². The first-order chi connectivity index (χ1) is 11.8. The highest BCUT2D eigenvalue weighted by atomic mass is 16.5. The van der Waals surface area contributed by atoms with Gasteiger partial charge >= 0.3 is 0 Å². The Morgan fingerprint density at radius 2 is 2.04 bits per heavy atom. The van der Waals surface area contributed by atoms with Gasteiger partial charge in [0.15, 0.2) is 11.6 Å². The number of fused-ring (bicyclic) bond motifs is 1. The Kier molecular flexibility index (Phi) is 4.20. The molecule has 0 radical (unpaired) electrons. The average Bonchev–Trinajstić information content (AvgIpc) is 2.55. The molecule has 0 saturated heterocycles. The van der Waals surface area contributed by atoms with Crippen molar-refractivity contribution >= 4 is 23.3 Å². The van der Waals surface area contributed by atoms with E-state index < -0.39 is 17.4 Å². The Hall–Kier alpha value is -2.89. The first-order valence-electron chi connectivity index (χ1n) is 8.19. The third-order valence-electron chi connectivity index (χ3n) is 4.15. The van der Waals surface area contributed by atoms with Crippen molar-refractivity contribution in [1.82, 2.24) is 4.98 Å². The number of carbonyl (C=O) groups is 2. The highest BCUT2D eigenvalue weighted by molar-refractivity contribution is 6.19. The lowest BCUT2D eigenvalue weighted by Crippen LogP contribution is -2.62. The summed E-state index contributed by atoms with van der Waals surface area (Å²) in [6, 6.07) is 10.7. The Balaban J connectivity index is 1.97. The first-order valence-corrected chi connectivity index (χ1v) is 8.19. The Morgan fingerprint density at radius 1 is 1.28 bits per heavy atom. The second-order valence-corrected chi connectivity index (χ2v) is 6.55. The van der Waals surface area contributed by atoms with Crippen LogP contribution in [0.1, 0.15) is 26.3 Å². The molecule has 2 heterocycles. The molecule has 0 bridgehead atoms. The molecule has 0 fully saturated rings. The Bertz CT molecular complexity index is 834. The second kappa shape index (κ2) is 6.20. The van der Waals surface area contributed by atoms with E-state index in [0.717, 1.165) is 5.56 Å². The number of anilines is 2. The zero-order chi connectivity index (χ0) is 18.2. The molecule has 1 atom stereocenters. The predicted molar refractivity (Wildman–Crippen MR) is 95.7 cm³/mol. The van der Waals surface area contributed by atoms with Crippen LogP contribution >= 0.6 is 0 Å². The van der Waals surface area contributed by atoms with Gasteiger partial charge in [-0.05, 0) is 57.5 Å². The van der Waals surface area contributed by atoms with Crippen molar-refractivity contribution in [1.29, 1.82) is 0 Å². The van der Waals surface area contributed by atoms with Crippen molar-refractivity contribution in [2.45, 2.75) is 39.3 Å². The second-order valence-electron chi connectivity index (χ2n) is 6.55. The van der Waals surface area contributed by atoms with E-state index >= 15 is 0 Å². The van der Waals surface area contributed by atoms with Gasteiger partial charge in [-0.3, -0.25) is 14.5 Å². The summed E-state index contributed by atoms with van der Waals surface area (Å²) in [5.74, 6) is -0.0943. The number of rotatable bonds is 3. The lowest BCUT2D eigenvalue weighted by atomic mass is 9.99. The van der Waals surface area contributed by atoms with E-state index in [4.69, 9.17) is 4.74 Å². The van der Waals surface area contributed by atoms with E-state index in [2.05, 4.69) is 10.3 Å². The molecule has 1 aromatic heterocycles. The fourth-order valence-corrected chi connectivity index (χ4v) is 2.83. The van der Waals surface area contributed by atoms with Gasteiger partial charge in [0.2, 0.25) is 0 Å². The Morgan fingerprint density at radius 3 is 2.72 bits per heavy atom. The zero-order valence-corrected chi connectivity index (χ0v) is 14.7. The van der Waals surface area contributed by atoms with Gasteiger partial charge in [0, 0.05) is 17.9 Å². The zero-order valence-electron chi connectivity index (χ0n) is 14.7. The topological polar surface area (TPSA) is 71.5 Å². The molecule has 1 aromatic carbocycles. The molecule has 6 nitrogen and oxygen atoms in total. The normalized spacial score (nSPS) is 19.4. The number of hydrogen-bond donors (Lipinski definition) is 1. The number of hydrogen-bond acceptors (Lipinski definition) is 4. The molecule has 1 unspecified atom stereocenters. The molecule has 25 heavy (non-hydrogen) atoms. The number of nitrogens with one attached hydrogen (secondary N) is 1. The minimum absolute atomic E-state index is 0.156. The molecule has 0 aliphatic carbocycles. The Labute approximate surface area is 146 Å². The molecule has 0 spiro atoms. The number of amides is 2. The molecule has 1 N–H and O–H groups in total. The summed E-state index contributed by atoms with van der Waals surface area (Å²) >= 11 is 0. The maximum absolute atomic E-state index is 13.1. The third kappa shape index (κ3) is 2.95. The van der Waals surface area contributed by atoms with Crippen LogP contribution in [0, 0.1) is 6.92 Å². The van der Waals surface area contributed by atoms with E-state index in [1.54, 1.807) is 24.4 Å². The van der Waals surface area contributed by atoms with Gasteiger partial charge in [0.25, 0.3) is 17.4 Å². The van der Waals surface area contributed by atoms with Crippen LogP contribution in [0.25, 0.3) is 0 Å². The minimum Gasteiger partial charge on any atom is -0.464 e. The van der Waals surface area contributed by atoms with E-state index in [1.165, 1.54) is 11.8 Å². The highest BCUT2D eigenvalue weighted by Gasteiger charge is 2.51. The molecule has 3 rings (SSSR count). The van der Waals surface area contributed by atoms with Crippen LogP contribution in [0.3, 0.4) is 0 Å². The molecule has 2 aromatic rings. The van der Waals surface area contributed by atoms with Crippen molar-refractivity contribution in [2.24, 2.45) is 0 Å². The molecule has 6 heteroatoms. The van der Waals surface area contributed by atoms with Crippen molar-refractivity contribution in [3.8, 4) is 5.75 Å². The molecule has 2 amide bonds. The largest absolute Gasteiger partial charge is 0.464 e. The molecule has 1 aliphatic heterocycles. The fraction of sp³-hybridized carbons (Fsp3) is 0.316. The molecule has 130 valence electrons. The van der Waals surface area contributed by atoms with Crippen molar-refractivity contribution in [3.05, 3.63) is 48.2 Å². The molecule has 0 saturated carbocycles. The van der Waals surface area contributed by atoms with Crippen LogP contribution in [0.4, 0.5) is 11.5 Å². The van der Waals surface area contributed by atoms with Crippen LogP contribution < -0.4 is 15.0 Å². The lowest BCUT2D eigenvalue weighted by Gasteiger charge is -2.40. The third-order valence-corrected chi connectivity index (χ3v) is 4.15. The van der Waals surface area contributed by atoms with E-state index in [0.29, 0.717) is 17.3 Å². The summed E-state index contributed by atoms with van der Waals surface area (Å²) in [5, 5.41) is 2.78. The quantitative estimate of drug-likeness (QED) is 0.873. The maximum atomic E-state index is 13.1. The number of ether oxygens (including phenoxy) is 1. The summed E-state index contributed by atoms with van der Waals surface area (Å²) < 4.78 is 5.81. The number of benzene rings is 1. The number of pyridine rings is 1. The lowest BCUT2D eigenvalue weighted by molar-refractivity contribution is -0.145. The summed E-state index contributed by atoms with van der Waals surface area (Å²) in [5.41, 5.74) is -0.0303. The van der Waals surface area contributed by atoms with Crippen molar-refractivity contribution in [3.63, 3.8) is 0 Å². The van der Waals surface area contributed by atoms with E-state index in [-0.39, 0.29) is 6.04 Å². The van der Waals surface area contributed by atoms with Crippen LogP contribution in [-0.4, -0.2) is 28.4 Å². The summed E-state index contributed by atoms with van der Waals surface area (Å²) in [6.45, 7) is 7.18. The monoisotopic (exact) mass is 339 g/mol. The fourth-order valence-electron chi connectivity index (χ4n) is 2.83. The smallest absolute Gasteiger partial charge is 0.282 e. The molecular formula is C19H21N3O3. The van der Waals surface area contributed by atoms with Gasteiger partial charge < -0.3 is 10.1 Å². The minimum atomic E-state index is -1.66. The summed E-state index contributed by atoms with van der Waals surface area (Å²) in [4.78, 5) is 31.7. The van der Waals surface area contributed by atoms with Gasteiger partial charge in [-0.2, -0.15) is 0 Å². The summed E-state index contributed by atoms with van der Waals surface area (Å²) in [7, 11) is 0.